The summed E-state index contributed by atoms with van der Waals surface area (Å²) in [5, 5.41) is 0.739. The second kappa shape index (κ2) is 5.39. The third-order valence-electron chi connectivity index (χ3n) is 2.39. The van der Waals surface area contributed by atoms with E-state index in [0.29, 0.717) is 5.02 Å². The van der Waals surface area contributed by atoms with Gasteiger partial charge in [0.25, 0.3) is 0 Å². The van der Waals surface area contributed by atoms with Gasteiger partial charge in [0.2, 0.25) is 5.12 Å². The van der Waals surface area contributed by atoms with Crippen LogP contribution in [-0.2, 0) is 0 Å². The lowest BCUT2D eigenvalue weighted by Gasteiger charge is -2.04. The number of carbonyl (C=O) groups is 1. The number of carbonyl (C=O) groups excluding carboxylic acids is 1. The van der Waals surface area contributed by atoms with E-state index in [4.69, 9.17) is 11.6 Å². The molecule has 2 aromatic rings. The van der Waals surface area contributed by atoms with Crippen molar-refractivity contribution in [1.82, 2.24) is 0 Å². The van der Waals surface area contributed by atoms with Crippen molar-refractivity contribution in [2.45, 2.75) is 11.8 Å². The van der Waals surface area contributed by atoms with E-state index in [1.54, 1.807) is 12.1 Å². The van der Waals surface area contributed by atoms with Crippen LogP contribution in [0, 0.1) is 6.92 Å². The van der Waals surface area contributed by atoms with Gasteiger partial charge in [0.1, 0.15) is 0 Å². The molecule has 86 valence electrons. The van der Waals surface area contributed by atoms with Crippen LogP contribution >= 0.6 is 23.4 Å². The maximum atomic E-state index is 12.0. The Kier molecular flexibility index (Phi) is 3.87. The Morgan fingerprint density at radius 2 is 1.71 bits per heavy atom. The molecule has 0 heterocycles. The normalized spacial score (nSPS) is 10.2. The van der Waals surface area contributed by atoms with Gasteiger partial charge in [-0.25, -0.2) is 0 Å². The van der Waals surface area contributed by atoms with E-state index in [2.05, 4.69) is 0 Å². The van der Waals surface area contributed by atoms with Crippen molar-refractivity contribution < 1.29 is 4.79 Å². The summed E-state index contributed by atoms with van der Waals surface area (Å²) >= 11 is 7.02. The first-order valence-electron chi connectivity index (χ1n) is 5.20. The molecule has 0 aromatic heterocycles. The lowest BCUT2D eigenvalue weighted by Crippen LogP contribution is -1.95. The standard InChI is InChI=1S/C14H11ClOS/c1-10-4-2-3-5-13(10)14(16)17-12-8-6-11(15)7-9-12/h2-9H,1H3. The van der Waals surface area contributed by atoms with Crippen LogP contribution in [0.25, 0.3) is 0 Å². The number of rotatable bonds is 2. The van der Waals surface area contributed by atoms with Gasteiger partial charge < -0.3 is 0 Å². The second-order valence-corrected chi connectivity index (χ2v) is 5.14. The zero-order chi connectivity index (χ0) is 12.3. The molecule has 0 bridgehead atoms. The largest absolute Gasteiger partial charge is 0.281 e. The van der Waals surface area contributed by atoms with Crippen LogP contribution < -0.4 is 0 Å². The average molecular weight is 263 g/mol. The third kappa shape index (κ3) is 3.11. The van der Waals surface area contributed by atoms with Crippen molar-refractivity contribution in [1.29, 1.82) is 0 Å². The minimum absolute atomic E-state index is 0.0606. The molecule has 0 amide bonds. The first-order chi connectivity index (χ1) is 8.16. The zero-order valence-electron chi connectivity index (χ0n) is 9.31. The Balaban J connectivity index is 2.17. The lowest BCUT2D eigenvalue weighted by atomic mass is 10.1. The number of hydrogen-bond donors (Lipinski definition) is 0. The SMILES string of the molecule is Cc1ccccc1C(=O)Sc1ccc(Cl)cc1. The van der Waals surface area contributed by atoms with Gasteiger partial charge in [0.15, 0.2) is 0 Å². The predicted octanol–water partition coefficient (Wildman–Crippen LogP) is 4.58. The van der Waals surface area contributed by atoms with E-state index < -0.39 is 0 Å². The fourth-order valence-corrected chi connectivity index (χ4v) is 2.42. The Bertz CT molecular complexity index is 534. The zero-order valence-corrected chi connectivity index (χ0v) is 10.9. The Labute approximate surface area is 110 Å². The smallest absolute Gasteiger partial charge is 0.224 e. The molecule has 2 rings (SSSR count). The van der Waals surface area contributed by atoms with Crippen LogP contribution in [0.5, 0.6) is 0 Å². The van der Waals surface area contributed by atoms with E-state index in [1.807, 2.05) is 43.3 Å². The molecule has 3 heteroatoms. The van der Waals surface area contributed by atoms with Crippen LogP contribution in [0.3, 0.4) is 0 Å². The van der Waals surface area contributed by atoms with Gasteiger partial charge in [-0.2, -0.15) is 0 Å². The molecular formula is C14H11ClOS. The Hall–Kier alpha value is -1.25. The molecule has 2 aromatic carbocycles. The van der Waals surface area contributed by atoms with Crippen LogP contribution in [0.2, 0.25) is 5.02 Å². The van der Waals surface area contributed by atoms with Gasteiger partial charge in [-0.15, -0.1) is 0 Å². The van der Waals surface area contributed by atoms with Crippen LogP contribution in [0.15, 0.2) is 53.4 Å². The van der Waals surface area contributed by atoms with Gasteiger partial charge in [0, 0.05) is 15.5 Å². The van der Waals surface area contributed by atoms with E-state index in [0.717, 1.165) is 16.0 Å². The van der Waals surface area contributed by atoms with Crippen molar-refractivity contribution in [3.05, 3.63) is 64.7 Å². The quantitative estimate of drug-likeness (QED) is 0.737. The van der Waals surface area contributed by atoms with E-state index in [-0.39, 0.29) is 5.12 Å². The number of halogens is 1. The molecule has 0 N–H and O–H groups in total. The number of hydrogen-bond acceptors (Lipinski definition) is 2. The molecule has 0 aliphatic carbocycles. The Morgan fingerprint density at radius 3 is 2.35 bits per heavy atom. The molecule has 0 radical (unpaired) electrons. The molecule has 0 fully saturated rings. The maximum absolute atomic E-state index is 12.0. The summed E-state index contributed by atoms with van der Waals surface area (Å²) < 4.78 is 0. The van der Waals surface area contributed by atoms with Gasteiger partial charge in [-0.3, -0.25) is 4.79 Å². The van der Waals surface area contributed by atoms with Gasteiger partial charge in [-0.05, 0) is 48.5 Å². The van der Waals surface area contributed by atoms with Crippen molar-refractivity contribution in [3.8, 4) is 0 Å². The number of thioether (sulfide) groups is 1. The fourth-order valence-electron chi connectivity index (χ4n) is 1.47. The first kappa shape index (κ1) is 12.2. The second-order valence-electron chi connectivity index (χ2n) is 3.66. The molecule has 0 aliphatic heterocycles. The molecule has 1 nitrogen and oxygen atoms in total. The molecule has 0 unspecified atom stereocenters. The summed E-state index contributed by atoms with van der Waals surface area (Å²) in [7, 11) is 0. The van der Waals surface area contributed by atoms with Crippen LogP contribution in [0.4, 0.5) is 0 Å². The van der Waals surface area contributed by atoms with Crippen molar-refractivity contribution in [2.75, 3.05) is 0 Å². The monoisotopic (exact) mass is 262 g/mol. The van der Waals surface area contributed by atoms with Crippen LogP contribution in [0.1, 0.15) is 15.9 Å². The minimum atomic E-state index is 0.0606. The topological polar surface area (TPSA) is 17.1 Å². The Morgan fingerprint density at radius 1 is 1.06 bits per heavy atom. The van der Waals surface area contributed by atoms with E-state index in [9.17, 15) is 4.79 Å². The molecule has 17 heavy (non-hydrogen) atoms. The predicted molar refractivity (Wildman–Crippen MR) is 72.8 cm³/mol. The molecule has 0 atom stereocenters. The van der Waals surface area contributed by atoms with Gasteiger partial charge in [-0.1, -0.05) is 35.9 Å². The highest BCUT2D eigenvalue weighted by Crippen LogP contribution is 2.25. The highest BCUT2D eigenvalue weighted by molar-refractivity contribution is 8.14. The fraction of sp³-hybridized carbons (Fsp3) is 0.0714. The molecule has 0 saturated carbocycles. The summed E-state index contributed by atoms with van der Waals surface area (Å²) in [6, 6.07) is 14.9. The third-order valence-corrected chi connectivity index (χ3v) is 3.55. The van der Waals surface area contributed by atoms with E-state index in [1.165, 1.54) is 11.8 Å². The number of aryl methyl sites for hydroxylation is 1. The molecule has 0 saturated heterocycles. The number of benzene rings is 2. The summed E-state index contributed by atoms with van der Waals surface area (Å²) in [5.74, 6) is 0. The van der Waals surface area contributed by atoms with Crippen molar-refractivity contribution in [3.63, 3.8) is 0 Å². The summed E-state index contributed by atoms with van der Waals surface area (Å²) in [5.41, 5.74) is 1.76. The van der Waals surface area contributed by atoms with Crippen molar-refractivity contribution in [2.24, 2.45) is 0 Å². The summed E-state index contributed by atoms with van der Waals surface area (Å²) in [4.78, 5) is 13.0. The highest BCUT2D eigenvalue weighted by atomic mass is 35.5. The maximum Gasteiger partial charge on any atom is 0.224 e. The highest BCUT2D eigenvalue weighted by Gasteiger charge is 2.09. The van der Waals surface area contributed by atoms with Gasteiger partial charge in [0.05, 0.1) is 0 Å². The van der Waals surface area contributed by atoms with Gasteiger partial charge >= 0.3 is 0 Å². The molecule has 0 spiro atoms. The average Bonchev–Trinajstić information content (AvgIpc) is 2.32. The molecule has 0 aliphatic rings. The lowest BCUT2D eigenvalue weighted by molar-refractivity contribution is 0.108. The molecular weight excluding hydrogens is 252 g/mol. The summed E-state index contributed by atoms with van der Waals surface area (Å²) in [6.45, 7) is 1.94. The van der Waals surface area contributed by atoms with Crippen LogP contribution in [-0.4, -0.2) is 5.12 Å². The van der Waals surface area contributed by atoms with Crippen molar-refractivity contribution >= 4 is 28.5 Å². The first-order valence-corrected chi connectivity index (χ1v) is 6.39. The van der Waals surface area contributed by atoms with E-state index >= 15 is 0 Å². The summed E-state index contributed by atoms with van der Waals surface area (Å²) in [6.07, 6.45) is 0. The minimum Gasteiger partial charge on any atom is -0.281 e.